The molecular formula is C26H22N6O9S. The van der Waals surface area contributed by atoms with Gasteiger partial charge in [0.25, 0.3) is 11.8 Å². The molecule has 15 nitrogen and oxygen atoms in total. The summed E-state index contributed by atoms with van der Waals surface area (Å²) in [5.41, 5.74) is 4.43. The lowest BCUT2D eigenvalue weighted by Gasteiger charge is -2.49. The zero-order chi connectivity index (χ0) is 30.1. The number of rotatable bonds is 8. The number of hydrogen-bond donors (Lipinski definition) is 6. The molecule has 2 aliphatic rings. The number of nitrogens with two attached hydrogens (primary N) is 1. The Hall–Kier alpha value is -5.38. The molecule has 1 unspecified atom stereocenters. The molecule has 4 heterocycles. The minimum absolute atomic E-state index is 0.0214. The summed E-state index contributed by atoms with van der Waals surface area (Å²) in [5, 5.41) is 23.7. The summed E-state index contributed by atoms with van der Waals surface area (Å²) >= 11 is 1.14. The lowest BCUT2D eigenvalue weighted by atomic mass is 10.0. The number of primary amides is 1. The van der Waals surface area contributed by atoms with Gasteiger partial charge in [-0.1, -0.05) is 12.1 Å². The van der Waals surface area contributed by atoms with Crippen molar-refractivity contribution in [2.45, 2.75) is 17.5 Å². The number of phenolic OH excluding ortho intramolecular Hbond substituents is 1. The molecule has 2 aromatic heterocycles. The number of ether oxygens (including phenoxy) is 1. The molecular weight excluding hydrogens is 572 g/mol. The zero-order valence-corrected chi connectivity index (χ0v) is 22.2. The van der Waals surface area contributed by atoms with Crippen LogP contribution in [0.4, 0.5) is 4.79 Å². The highest BCUT2D eigenvalue weighted by Gasteiger charge is 2.54. The van der Waals surface area contributed by atoms with E-state index < -0.39 is 59.3 Å². The van der Waals surface area contributed by atoms with Crippen molar-refractivity contribution in [3.05, 3.63) is 81.4 Å². The molecule has 0 bridgehead atoms. The molecule has 4 amide bonds. The van der Waals surface area contributed by atoms with Crippen LogP contribution in [0.15, 0.2) is 64.9 Å². The highest BCUT2D eigenvalue weighted by Crippen LogP contribution is 2.40. The number of thioether (sulfide) groups is 1. The van der Waals surface area contributed by atoms with E-state index >= 15 is 0 Å². The van der Waals surface area contributed by atoms with Crippen molar-refractivity contribution in [1.29, 1.82) is 0 Å². The number of hydrogen-bond acceptors (Lipinski definition) is 10. The lowest BCUT2D eigenvalue weighted by molar-refractivity contribution is -0.151. The Bertz CT molecular complexity index is 1720. The molecule has 1 saturated heterocycles. The van der Waals surface area contributed by atoms with Crippen molar-refractivity contribution < 1.29 is 38.9 Å². The van der Waals surface area contributed by atoms with Crippen molar-refractivity contribution in [1.82, 2.24) is 25.5 Å². The Kier molecular flexibility index (Phi) is 7.54. The summed E-state index contributed by atoms with van der Waals surface area (Å²) < 4.78 is 4.70. The monoisotopic (exact) mass is 594 g/mol. The van der Waals surface area contributed by atoms with E-state index in [9.17, 15) is 39.0 Å². The average Bonchev–Trinajstić information content (AvgIpc) is 2.97. The number of carbonyl (C=O) groups is 5. The molecule has 3 aromatic rings. The van der Waals surface area contributed by atoms with Gasteiger partial charge in [-0.2, -0.15) is 0 Å². The number of aromatic hydroxyl groups is 1. The lowest BCUT2D eigenvalue weighted by Crippen LogP contribution is -2.71. The van der Waals surface area contributed by atoms with Gasteiger partial charge in [0.15, 0.2) is 0 Å². The Balaban J connectivity index is 1.39. The Labute approximate surface area is 239 Å². The fraction of sp³-hybridized carbons (Fsp3) is 0.192. The maximum absolute atomic E-state index is 13.5. The van der Waals surface area contributed by atoms with Crippen LogP contribution < -0.4 is 21.8 Å². The van der Waals surface area contributed by atoms with E-state index in [1.807, 2.05) is 0 Å². The van der Waals surface area contributed by atoms with Crippen LogP contribution >= 0.6 is 11.8 Å². The molecule has 0 aliphatic carbocycles. The normalized spacial score (nSPS) is 18.5. The van der Waals surface area contributed by atoms with Crippen molar-refractivity contribution in [3.8, 4) is 5.75 Å². The number of amides is 4. The second-order valence-electron chi connectivity index (χ2n) is 9.19. The van der Waals surface area contributed by atoms with E-state index in [2.05, 4.69) is 20.6 Å². The molecule has 1 aromatic carbocycles. The van der Waals surface area contributed by atoms with Crippen molar-refractivity contribution >= 4 is 52.6 Å². The number of H-pyrrole nitrogens is 1. The number of aromatic nitrogens is 2. The molecule has 0 saturated carbocycles. The van der Waals surface area contributed by atoms with E-state index in [1.165, 1.54) is 36.7 Å². The zero-order valence-electron chi connectivity index (χ0n) is 21.4. The van der Waals surface area contributed by atoms with Gasteiger partial charge in [-0.15, -0.1) is 11.8 Å². The minimum atomic E-state index is -1.43. The summed E-state index contributed by atoms with van der Waals surface area (Å²) in [6, 6.07) is 6.00. The van der Waals surface area contributed by atoms with Crippen LogP contribution in [0.25, 0.3) is 11.0 Å². The van der Waals surface area contributed by atoms with E-state index in [0.717, 1.165) is 16.7 Å². The number of benzene rings is 1. The second-order valence-corrected chi connectivity index (χ2v) is 10.3. The van der Waals surface area contributed by atoms with Gasteiger partial charge in [0.1, 0.15) is 46.6 Å². The summed E-state index contributed by atoms with van der Waals surface area (Å²) in [5.74, 6) is -3.92. The SMILES string of the molecule is NC(=O)OCC1=C(C(=O)O)N2C(=O)C(NC(=O)[C@H](NC(=O)c3c[nH]c4cccnc4c3=O)c3ccc(O)cc3)[C@H]2SC1. The maximum Gasteiger partial charge on any atom is 0.404 e. The number of aromatic amines is 1. The number of fused-ring (bicyclic) bond motifs is 2. The first-order valence-electron chi connectivity index (χ1n) is 12.3. The number of carbonyl (C=O) groups excluding carboxylic acids is 4. The maximum atomic E-state index is 13.5. The third-order valence-electron chi connectivity index (χ3n) is 6.58. The predicted molar refractivity (Wildman–Crippen MR) is 146 cm³/mol. The second kappa shape index (κ2) is 11.2. The molecule has 2 aliphatic heterocycles. The number of carboxylic acids is 1. The Morgan fingerprint density at radius 3 is 2.62 bits per heavy atom. The number of nitrogens with one attached hydrogen (secondary N) is 3. The third kappa shape index (κ3) is 5.22. The van der Waals surface area contributed by atoms with Crippen molar-refractivity contribution in [3.63, 3.8) is 0 Å². The van der Waals surface area contributed by atoms with Gasteiger partial charge in [0, 0.05) is 23.7 Å². The molecule has 216 valence electrons. The van der Waals surface area contributed by atoms with E-state index in [1.54, 1.807) is 12.1 Å². The molecule has 16 heteroatoms. The highest BCUT2D eigenvalue weighted by molar-refractivity contribution is 8.00. The molecule has 0 spiro atoms. The molecule has 3 atom stereocenters. The first kappa shape index (κ1) is 28.2. The van der Waals surface area contributed by atoms with Crippen LogP contribution in [-0.2, 0) is 19.1 Å². The van der Waals surface area contributed by atoms with Crippen LogP contribution in [0, 0.1) is 0 Å². The van der Waals surface area contributed by atoms with Gasteiger partial charge in [0.05, 0.1) is 5.52 Å². The Morgan fingerprint density at radius 1 is 1.19 bits per heavy atom. The first-order valence-corrected chi connectivity index (χ1v) is 13.3. The third-order valence-corrected chi connectivity index (χ3v) is 7.92. The summed E-state index contributed by atoms with van der Waals surface area (Å²) in [4.78, 5) is 83.4. The van der Waals surface area contributed by atoms with Crippen LogP contribution in [0.3, 0.4) is 0 Å². The van der Waals surface area contributed by atoms with Gasteiger partial charge in [-0.25, -0.2) is 9.59 Å². The fourth-order valence-electron chi connectivity index (χ4n) is 4.58. The first-order chi connectivity index (χ1) is 20.1. The summed E-state index contributed by atoms with van der Waals surface area (Å²) in [6.07, 6.45) is 1.48. The Morgan fingerprint density at radius 2 is 1.93 bits per heavy atom. The fourth-order valence-corrected chi connectivity index (χ4v) is 5.91. The summed E-state index contributed by atoms with van der Waals surface area (Å²) in [6.45, 7) is -0.421. The number of pyridine rings is 2. The standard InChI is InChI=1S/C26H22N6O9S/c27-26(40)41-9-12-10-42-24-18(23(37)32(24)19(12)25(38)39)31-22(36)16(11-3-5-13(33)6-4-11)30-21(35)14-8-29-15-2-1-7-28-17(15)20(14)34/h1-8,16,18,24,33H,9-10H2,(H2,27,40)(H,29,34)(H,30,35)(H,31,36)(H,38,39)/t16-,18?,24-/m1/s1. The average molecular weight is 595 g/mol. The van der Waals surface area contributed by atoms with E-state index in [4.69, 9.17) is 10.5 Å². The number of nitrogens with zero attached hydrogens (tertiary/aromatic N) is 2. The van der Waals surface area contributed by atoms with Crippen molar-refractivity contribution in [2.24, 2.45) is 5.73 Å². The van der Waals surface area contributed by atoms with Crippen LogP contribution in [0.2, 0.25) is 0 Å². The smallest absolute Gasteiger partial charge is 0.404 e. The topological polar surface area (TPSA) is 234 Å². The number of carboxylic acid groups (broad SMARTS) is 1. The quantitative estimate of drug-likeness (QED) is 0.189. The van der Waals surface area contributed by atoms with E-state index in [0.29, 0.717) is 5.52 Å². The van der Waals surface area contributed by atoms with Gasteiger partial charge < -0.3 is 36.3 Å². The molecule has 42 heavy (non-hydrogen) atoms. The number of β-lactam (4-membered cyclic amide) rings is 1. The molecule has 5 rings (SSSR count). The van der Waals surface area contributed by atoms with Crippen LogP contribution in [0.1, 0.15) is 22.0 Å². The van der Waals surface area contributed by atoms with Gasteiger partial charge >= 0.3 is 12.1 Å². The predicted octanol–water partition coefficient (Wildman–Crippen LogP) is -0.0663. The van der Waals surface area contributed by atoms with Crippen LogP contribution in [-0.4, -0.2) is 78.6 Å². The largest absolute Gasteiger partial charge is 0.508 e. The van der Waals surface area contributed by atoms with Crippen LogP contribution in [0.5, 0.6) is 5.75 Å². The van der Waals surface area contributed by atoms with Gasteiger partial charge in [-0.3, -0.25) is 29.1 Å². The van der Waals surface area contributed by atoms with Crippen molar-refractivity contribution in [2.75, 3.05) is 12.4 Å². The summed E-state index contributed by atoms with van der Waals surface area (Å²) in [7, 11) is 0. The number of phenols is 1. The van der Waals surface area contributed by atoms with Gasteiger partial charge in [-0.05, 0) is 29.8 Å². The molecule has 1 fully saturated rings. The van der Waals surface area contributed by atoms with E-state index in [-0.39, 0.29) is 39.4 Å². The van der Waals surface area contributed by atoms with Gasteiger partial charge in [0.2, 0.25) is 11.3 Å². The molecule has 0 radical (unpaired) electrons. The molecule has 7 N–H and O–H groups in total. The highest BCUT2D eigenvalue weighted by atomic mass is 32.2. The minimum Gasteiger partial charge on any atom is -0.508 e. The number of aliphatic carboxylic acids is 1.